The molecule has 1 heterocycles. The van der Waals surface area contributed by atoms with Crippen LogP contribution in [0.4, 0.5) is 10.5 Å². The van der Waals surface area contributed by atoms with E-state index in [2.05, 4.69) is 20.6 Å². The van der Waals surface area contributed by atoms with Crippen molar-refractivity contribution in [2.75, 3.05) is 12.4 Å². The van der Waals surface area contributed by atoms with Crippen molar-refractivity contribution >= 4 is 39.4 Å². The molecule has 0 atom stereocenters. The van der Waals surface area contributed by atoms with Gasteiger partial charge in [-0.05, 0) is 59.3 Å². The fraction of sp³-hybridized carbons (Fsp3) is 0.0385. The van der Waals surface area contributed by atoms with Gasteiger partial charge in [-0.1, -0.05) is 36.4 Å². The van der Waals surface area contributed by atoms with Gasteiger partial charge in [0.25, 0.3) is 5.91 Å². The number of imidazole rings is 1. The van der Waals surface area contributed by atoms with Crippen LogP contribution in [-0.4, -0.2) is 29.0 Å². The minimum Gasteiger partial charge on any atom is -0.496 e. The monoisotopic (exact) mass is 436 g/mol. The second kappa shape index (κ2) is 8.47. The standard InChI is InChI=1S/C26H20N4O3/c1-33-23-15-18-7-3-2-6-17(18)14-20(23)25(31)30-26(32)27-19-12-10-16(11-13-19)24-28-21-8-4-5-9-22(21)29-24/h2-15H,1H3,(H,28,29)(H2,27,30,31,32). The number of urea groups is 1. The number of aromatic nitrogens is 2. The lowest BCUT2D eigenvalue weighted by Gasteiger charge is -2.11. The fourth-order valence-electron chi connectivity index (χ4n) is 3.70. The maximum atomic E-state index is 12.7. The number of methoxy groups -OCH3 is 1. The lowest BCUT2D eigenvalue weighted by atomic mass is 10.1. The molecule has 33 heavy (non-hydrogen) atoms. The Balaban J connectivity index is 1.29. The molecule has 0 unspecified atom stereocenters. The maximum Gasteiger partial charge on any atom is 0.326 e. The van der Waals surface area contributed by atoms with Crippen LogP contribution in [0.2, 0.25) is 0 Å². The highest BCUT2D eigenvalue weighted by Gasteiger charge is 2.16. The van der Waals surface area contributed by atoms with E-state index in [0.717, 1.165) is 33.2 Å². The van der Waals surface area contributed by atoms with Crippen molar-refractivity contribution in [2.24, 2.45) is 0 Å². The second-order valence-electron chi connectivity index (χ2n) is 7.49. The van der Waals surface area contributed by atoms with Gasteiger partial charge in [-0.15, -0.1) is 0 Å². The van der Waals surface area contributed by atoms with E-state index in [1.54, 1.807) is 24.3 Å². The molecule has 3 N–H and O–H groups in total. The molecule has 0 radical (unpaired) electrons. The van der Waals surface area contributed by atoms with Crippen LogP contribution in [0.1, 0.15) is 10.4 Å². The first-order valence-corrected chi connectivity index (χ1v) is 10.3. The Bertz CT molecular complexity index is 1460. The molecule has 5 aromatic rings. The maximum absolute atomic E-state index is 12.7. The van der Waals surface area contributed by atoms with Crippen LogP contribution in [0.5, 0.6) is 5.75 Å². The van der Waals surface area contributed by atoms with E-state index in [9.17, 15) is 9.59 Å². The number of rotatable bonds is 4. The van der Waals surface area contributed by atoms with Crippen molar-refractivity contribution in [2.45, 2.75) is 0 Å². The van der Waals surface area contributed by atoms with E-state index in [0.29, 0.717) is 11.4 Å². The number of carbonyl (C=O) groups is 2. The van der Waals surface area contributed by atoms with Crippen LogP contribution in [-0.2, 0) is 0 Å². The summed E-state index contributed by atoms with van der Waals surface area (Å²) in [6.07, 6.45) is 0. The van der Waals surface area contributed by atoms with Gasteiger partial charge in [0.1, 0.15) is 11.6 Å². The number of imide groups is 1. The minimum absolute atomic E-state index is 0.284. The van der Waals surface area contributed by atoms with Gasteiger partial charge in [0.15, 0.2) is 0 Å². The number of H-pyrrole nitrogens is 1. The van der Waals surface area contributed by atoms with Gasteiger partial charge in [0, 0.05) is 11.3 Å². The molecule has 0 bridgehead atoms. The summed E-state index contributed by atoms with van der Waals surface area (Å²) in [5.74, 6) is 0.592. The molecule has 7 heteroatoms. The molecular weight excluding hydrogens is 416 g/mol. The first-order valence-electron chi connectivity index (χ1n) is 10.3. The van der Waals surface area contributed by atoms with Gasteiger partial charge >= 0.3 is 6.03 Å². The van der Waals surface area contributed by atoms with E-state index in [1.165, 1.54) is 7.11 Å². The summed E-state index contributed by atoms with van der Waals surface area (Å²) in [7, 11) is 1.49. The van der Waals surface area contributed by atoms with Crippen LogP contribution in [0.25, 0.3) is 33.2 Å². The molecule has 3 amide bonds. The molecule has 1 aromatic heterocycles. The average Bonchev–Trinajstić information content (AvgIpc) is 3.28. The van der Waals surface area contributed by atoms with E-state index in [4.69, 9.17) is 4.74 Å². The van der Waals surface area contributed by atoms with Crippen molar-refractivity contribution in [1.29, 1.82) is 0 Å². The number of para-hydroxylation sites is 2. The van der Waals surface area contributed by atoms with Crippen molar-refractivity contribution in [3.05, 3.63) is 90.5 Å². The highest BCUT2D eigenvalue weighted by molar-refractivity contribution is 6.10. The first-order chi connectivity index (χ1) is 16.1. The van der Waals surface area contributed by atoms with Crippen LogP contribution < -0.4 is 15.4 Å². The van der Waals surface area contributed by atoms with E-state index in [-0.39, 0.29) is 5.56 Å². The number of carbonyl (C=O) groups excluding carboxylic acids is 2. The lowest BCUT2D eigenvalue weighted by Crippen LogP contribution is -2.34. The molecule has 5 rings (SSSR count). The predicted molar refractivity (Wildman–Crippen MR) is 129 cm³/mol. The van der Waals surface area contributed by atoms with Gasteiger partial charge in [-0.25, -0.2) is 9.78 Å². The van der Waals surface area contributed by atoms with Crippen LogP contribution in [0.15, 0.2) is 84.9 Å². The zero-order valence-corrected chi connectivity index (χ0v) is 17.8. The van der Waals surface area contributed by atoms with Gasteiger partial charge in [0.05, 0.1) is 23.7 Å². The molecular formula is C26H20N4O3. The summed E-state index contributed by atoms with van der Waals surface area (Å²) in [6.45, 7) is 0. The average molecular weight is 436 g/mol. The number of nitrogens with zero attached hydrogens (tertiary/aromatic N) is 1. The van der Waals surface area contributed by atoms with Crippen LogP contribution in [0.3, 0.4) is 0 Å². The van der Waals surface area contributed by atoms with E-state index >= 15 is 0 Å². The zero-order chi connectivity index (χ0) is 22.8. The van der Waals surface area contributed by atoms with Gasteiger partial charge in [-0.3, -0.25) is 10.1 Å². The number of hydrogen-bond donors (Lipinski definition) is 3. The van der Waals surface area contributed by atoms with Crippen LogP contribution in [0, 0.1) is 0 Å². The fourth-order valence-corrected chi connectivity index (χ4v) is 3.70. The number of aromatic amines is 1. The zero-order valence-electron chi connectivity index (χ0n) is 17.8. The molecule has 0 aliphatic rings. The predicted octanol–water partition coefficient (Wildman–Crippen LogP) is 5.35. The molecule has 0 fully saturated rings. The quantitative estimate of drug-likeness (QED) is 0.354. The SMILES string of the molecule is COc1cc2ccccc2cc1C(=O)NC(=O)Nc1ccc(-c2nc3ccccc3[nH]2)cc1. The number of ether oxygens (including phenoxy) is 1. The molecule has 162 valence electrons. The Hall–Kier alpha value is -4.65. The molecule has 7 nitrogen and oxygen atoms in total. The number of anilines is 1. The molecule has 0 aliphatic heterocycles. The summed E-state index contributed by atoms with van der Waals surface area (Å²) < 4.78 is 5.35. The lowest BCUT2D eigenvalue weighted by molar-refractivity contribution is 0.0964. The van der Waals surface area contributed by atoms with Crippen molar-refractivity contribution in [3.63, 3.8) is 0 Å². The summed E-state index contributed by atoms with van der Waals surface area (Å²) in [5.41, 5.74) is 3.56. The van der Waals surface area contributed by atoms with Crippen molar-refractivity contribution in [3.8, 4) is 17.1 Å². The first kappa shape index (κ1) is 20.3. The Kier molecular flexibility index (Phi) is 5.20. The Morgan fingerprint density at radius 2 is 1.58 bits per heavy atom. The minimum atomic E-state index is -0.633. The number of benzene rings is 4. The van der Waals surface area contributed by atoms with Gasteiger partial charge in [-0.2, -0.15) is 0 Å². The summed E-state index contributed by atoms with van der Waals surface area (Å²) in [5, 5.41) is 6.86. The third-order valence-corrected chi connectivity index (χ3v) is 5.35. The summed E-state index contributed by atoms with van der Waals surface area (Å²) in [6, 6.07) is 25.5. The van der Waals surface area contributed by atoms with E-state index < -0.39 is 11.9 Å². The van der Waals surface area contributed by atoms with E-state index in [1.807, 2.05) is 60.7 Å². The van der Waals surface area contributed by atoms with Crippen molar-refractivity contribution in [1.82, 2.24) is 15.3 Å². The topological polar surface area (TPSA) is 96.1 Å². The summed E-state index contributed by atoms with van der Waals surface area (Å²) >= 11 is 0. The molecule has 0 spiro atoms. The third kappa shape index (κ3) is 4.12. The number of hydrogen-bond acceptors (Lipinski definition) is 4. The Morgan fingerprint density at radius 1 is 0.879 bits per heavy atom. The van der Waals surface area contributed by atoms with Crippen molar-refractivity contribution < 1.29 is 14.3 Å². The summed E-state index contributed by atoms with van der Waals surface area (Å²) in [4.78, 5) is 33.0. The number of amides is 3. The van der Waals surface area contributed by atoms with Gasteiger partial charge in [0.2, 0.25) is 0 Å². The molecule has 4 aromatic carbocycles. The highest BCUT2D eigenvalue weighted by atomic mass is 16.5. The molecule has 0 saturated carbocycles. The smallest absolute Gasteiger partial charge is 0.326 e. The third-order valence-electron chi connectivity index (χ3n) is 5.35. The Morgan fingerprint density at radius 3 is 2.30 bits per heavy atom. The van der Waals surface area contributed by atoms with Gasteiger partial charge < -0.3 is 15.0 Å². The van der Waals surface area contributed by atoms with Crippen LogP contribution >= 0.6 is 0 Å². The number of fused-ring (bicyclic) bond motifs is 2. The second-order valence-corrected chi connectivity index (χ2v) is 7.49. The Labute approximate surface area is 189 Å². The normalized spacial score (nSPS) is 10.8. The largest absolute Gasteiger partial charge is 0.496 e. The molecule has 0 saturated heterocycles. The highest BCUT2D eigenvalue weighted by Crippen LogP contribution is 2.26. The molecule has 0 aliphatic carbocycles. The number of nitrogens with one attached hydrogen (secondary N) is 3.